The van der Waals surface area contributed by atoms with Gasteiger partial charge in [-0.1, -0.05) is 19.0 Å². The zero-order valence-electron chi connectivity index (χ0n) is 9.82. The van der Waals surface area contributed by atoms with Crippen molar-refractivity contribution in [3.05, 3.63) is 17.5 Å². The summed E-state index contributed by atoms with van der Waals surface area (Å²) in [6.45, 7) is 5.05. The predicted octanol–water partition coefficient (Wildman–Crippen LogP) is 1.27. The van der Waals surface area contributed by atoms with Gasteiger partial charge in [-0.2, -0.15) is 0 Å². The van der Waals surface area contributed by atoms with Crippen molar-refractivity contribution in [1.29, 1.82) is 0 Å². The molecule has 1 aromatic heterocycles. The first-order chi connectivity index (χ1) is 7.72. The third-order valence-electron chi connectivity index (χ3n) is 2.59. The number of rotatable bonds is 6. The molecule has 0 aliphatic rings. The summed E-state index contributed by atoms with van der Waals surface area (Å²) in [5.74, 6) is 0.366. The molecule has 0 aliphatic heterocycles. The third kappa shape index (κ3) is 3.06. The van der Waals surface area contributed by atoms with Crippen molar-refractivity contribution >= 4 is 5.91 Å². The van der Waals surface area contributed by atoms with E-state index < -0.39 is 0 Å². The maximum atomic E-state index is 11.5. The molecule has 0 aliphatic carbocycles. The smallest absolute Gasteiger partial charge is 0.289 e. The molecule has 0 bridgehead atoms. The van der Waals surface area contributed by atoms with Crippen LogP contribution in [0.25, 0.3) is 0 Å². The molecule has 0 saturated heterocycles. The second-order valence-electron chi connectivity index (χ2n) is 3.67. The second kappa shape index (κ2) is 6.27. The minimum Gasteiger partial charge on any atom is -0.351 e. The van der Waals surface area contributed by atoms with Crippen molar-refractivity contribution in [2.75, 3.05) is 13.1 Å². The Balaban J connectivity index is 2.66. The van der Waals surface area contributed by atoms with Gasteiger partial charge in [0, 0.05) is 25.1 Å². The van der Waals surface area contributed by atoms with Gasteiger partial charge in [0.25, 0.3) is 5.91 Å². The number of hydrogen-bond donors (Lipinski definition) is 2. The van der Waals surface area contributed by atoms with Crippen LogP contribution in [0.2, 0.25) is 0 Å². The molecule has 3 N–H and O–H groups in total. The summed E-state index contributed by atoms with van der Waals surface area (Å²) in [5.41, 5.74) is 6.14. The van der Waals surface area contributed by atoms with E-state index in [0.717, 1.165) is 18.5 Å². The van der Waals surface area contributed by atoms with Crippen LogP contribution in [0.5, 0.6) is 0 Å². The van der Waals surface area contributed by atoms with Crippen LogP contribution in [-0.2, 0) is 0 Å². The first kappa shape index (κ1) is 12.7. The molecule has 1 amide bonds. The standard InChI is InChI=1S/C11H19N3O2/c1-3-8(4-2)9-7-10(16-14-9)11(15)13-6-5-12/h7-8H,3-6,12H2,1-2H3,(H,13,15). The molecule has 16 heavy (non-hydrogen) atoms. The van der Waals surface area contributed by atoms with Gasteiger partial charge in [-0.3, -0.25) is 4.79 Å². The Morgan fingerprint density at radius 3 is 2.81 bits per heavy atom. The Bertz CT molecular complexity index is 332. The number of nitrogens with two attached hydrogens (primary N) is 1. The van der Waals surface area contributed by atoms with Crippen molar-refractivity contribution in [3.63, 3.8) is 0 Å². The Hall–Kier alpha value is -1.36. The van der Waals surface area contributed by atoms with E-state index in [1.165, 1.54) is 0 Å². The monoisotopic (exact) mass is 225 g/mol. The summed E-state index contributed by atoms with van der Waals surface area (Å²) in [6.07, 6.45) is 1.99. The Labute approximate surface area is 95.4 Å². The van der Waals surface area contributed by atoms with Crippen LogP contribution in [0.3, 0.4) is 0 Å². The van der Waals surface area contributed by atoms with E-state index in [1.54, 1.807) is 6.07 Å². The average molecular weight is 225 g/mol. The van der Waals surface area contributed by atoms with Crippen molar-refractivity contribution in [2.45, 2.75) is 32.6 Å². The highest BCUT2D eigenvalue weighted by atomic mass is 16.5. The van der Waals surface area contributed by atoms with E-state index in [0.29, 0.717) is 19.0 Å². The molecule has 1 aromatic rings. The molecular formula is C11H19N3O2. The number of aromatic nitrogens is 1. The lowest BCUT2D eigenvalue weighted by molar-refractivity contribution is 0.0918. The highest BCUT2D eigenvalue weighted by molar-refractivity contribution is 5.91. The lowest BCUT2D eigenvalue weighted by Gasteiger charge is -2.05. The maximum absolute atomic E-state index is 11.5. The minimum atomic E-state index is -0.254. The number of amides is 1. The van der Waals surface area contributed by atoms with Crippen LogP contribution in [0.4, 0.5) is 0 Å². The van der Waals surface area contributed by atoms with Crippen LogP contribution in [-0.4, -0.2) is 24.2 Å². The SMILES string of the molecule is CCC(CC)c1cc(C(=O)NCCN)on1. The number of nitrogens with zero attached hydrogens (tertiary/aromatic N) is 1. The van der Waals surface area contributed by atoms with E-state index in [-0.39, 0.29) is 11.7 Å². The molecule has 0 fully saturated rings. The molecule has 0 unspecified atom stereocenters. The molecule has 0 radical (unpaired) electrons. The van der Waals surface area contributed by atoms with Crippen LogP contribution in [0, 0.1) is 0 Å². The number of carbonyl (C=O) groups is 1. The van der Waals surface area contributed by atoms with E-state index in [1.807, 2.05) is 0 Å². The van der Waals surface area contributed by atoms with Gasteiger partial charge in [0.05, 0.1) is 5.69 Å². The van der Waals surface area contributed by atoms with Crippen LogP contribution >= 0.6 is 0 Å². The van der Waals surface area contributed by atoms with Gasteiger partial charge in [-0.05, 0) is 12.8 Å². The highest BCUT2D eigenvalue weighted by Gasteiger charge is 2.16. The summed E-state index contributed by atoms with van der Waals surface area (Å²) in [4.78, 5) is 11.5. The van der Waals surface area contributed by atoms with Gasteiger partial charge in [0.1, 0.15) is 0 Å². The van der Waals surface area contributed by atoms with Crippen molar-refractivity contribution in [3.8, 4) is 0 Å². The zero-order chi connectivity index (χ0) is 12.0. The van der Waals surface area contributed by atoms with E-state index in [4.69, 9.17) is 10.3 Å². The van der Waals surface area contributed by atoms with Crippen molar-refractivity contribution < 1.29 is 9.32 Å². The summed E-state index contributed by atoms with van der Waals surface area (Å²) in [6, 6.07) is 1.71. The number of hydrogen-bond acceptors (Lipinski definition) is 4. The lowest BCUT2D eigenvalue weighted by Crippen LogP contribution is -2.28. The lowest BCUT2D eigenvalue weighted by atomic mass is 9.99. The quantitative estimate of drug-likeness (QED) is 0.763. The van der Waals surface area contributed by atoms with Crippen molar-refractivity contribution in [1.82, 2.24) is 10.5 Å². The molecule has 1 heterocycles. The Kier molecular flexibility index (Phi) is 4.98. The van der Waals surface area contributed by atoms with Crippen LogP contribution < -0.4 is 11.1 Å². The first-order valence-corrected chi connectivity index (χ1v) is 5.67. The molecule has 0 atom stereocenters. The molecule has 5 heteroatoms. The van der Waals surface area contributed by atoms with Gasteiger partial charge in [-0.15, -0.1) is 0 Å². The highest BCUT2D eigenvalue weighted by Crippen LogP contribution is 2.22. The Morgan fingerprint density at radius 2 is 2.25 bits per heavy atom. The van der Waals surface area contributed by atoms with Crippen molar-refractivity contribution in [2.24, 2.45) is 5.73 Å². The average Bonchev–Trinajstić information content (AvgIpc) is 2.77. The molecule has 0 aromatic carbocycles. The van der Waals surface area contributed by atoms with Gasteiger partial charge in [0.2, 0.25) is 5.76 Å². The summed E-state index contributed by atoms with van der Waals surface area (Å²) < 4.78 is 5.01. The molecule has 1 rings (SSSR count). The molecular weight excluding hydrogens is 206 g/mol. The summed E-state index contributed by atoms with van der Waals surface area (Å²) in [5, 5.41) is 6.56. The fraction of sp³-hybridized carbons (Fsp3) is 0.636. The van der Waals surface area contributed by atoms with Gasteiger partial charge < -0.3 is 15.6 Å². The fourth-order valence-electron chi connectivity index (χ4n) is 1.57. The summed E-state index contributed by atoms with van der Waals surface area (Å²) in [7, 11) is 0. The fourth-order valence-corrected chi connectivity index (χ4v) is 1.57. The Morgan fingerprint density at radius 1 is 1.56 bits per heavy atom. The normalized spacial score (nSPS) is 10.8. The molecule has 5 nitrogen and oxygen atoms in total. The maximum Gasteiger partial charge on any atom is 0.289 e. The van der Waals surface area contributed by atoms with Gasteiger partial charge >= 0.3 is 0 Å². The predicted molar refractivity (Wildman–Crippen MR) is 61.2 cm³/mol. The zero-order valence-corrected chi connectivity index (χ0v) is 9.82. The second-order valence-corrected chi connectivity index (χ2v) is 3.67. The van der Waals surface area contributed by atoms with E-state index in [9.17, 15) is 4.79 Å². The molecule has 0 saturated carbocycles. The topological polar surface area (TPSA) is 81.2 Å². The van der Waals surface area contributed by atoms with E-state index >= 15 is 0 Å². The van der Waals surface area contributed by atoms with Gasteiger partial charge in [0.15, 0.2) is 0 Å². The van der Waals surface area contributed by atoms with Crippen LogP contribution in [0.1, 0.15) is 48.9 Å². The minimum absolute atomic E-state index is 0.254. The van der Waals surface area contributed by atoms with Crippen LogP contribution in [0.15, 0.2) is 10.6 Å². The summed E-state index contributed by atoms with van der Waals surface area (Å²) >= 11 is 0. The number of nitrogens with one attached hydrogen (secondary N) is 1. The van der Waals surface area contributed by atoms with Gasteiger partial charge in [-0.25, -0.2) is 0 Å². The molecule has 90 valence electrons. The van der Waals surface area contributed by atoms with E-state index in [2.05, 4.69) is 24.3 Å². The number of carbonyl (C=O) groups excluding carboxylic acids is 1. The first-order valence-electron chi connectivity index (χ1n) is 5.67. The third-order valence-corrected chi connectivity index (χ3v) is 2.59. The largest absolute Gasteiger partial charge is 0.351 e. The molecule has 0 spiro atoms.